The Morgan fingerprint density at radius 3 is 2.65 bits per heavy atom. The Bertz CT molecular complexity index is 717. The first-order valence-corrected chi connectivity index (χ1v) is 9.66. The molecule has 3 rings (SSSR count). The fraction of sp³-hybridized carbons (Fsp3) is 0.550. The summed E-state index contributed by atoms with van der Waals surface area (Å²) in [5, 5.41) is 18.6. The summed E-state index contributed by atoms with van der Waals surface area (Å²) in [4.78, 5) is 2.44. The van der Waals surface area contributed by atoms with Crippen LogP contribution in [0.3, 0.4) is 0 Å². The van der Waals surface area contributed by atoms with Crippen molar-refractivity contribution in [3.05, 3.63) is 52.8 Å². The number of benzene rings is 1. The maximum atomic E-state index is 10.1. The summed E-state index contributed by atoms with van der Waals surface area (Å²) in [5.74, 6) is 0.421. The Kier molecular flexibility index (Phi) is 6.03. The van der Waals surface area contributed by atoms with Crippen molar-refractivity contribution in [3.63, 3.8) is 0 Å². The summed E-state index contributed by atoms with van der Waals surface area (Å²) in [6.07, 6.45) is 4.90. The summed E-state index contributed by atoms with van der Waals surface area (Å²) in [6.45, 7) is 7.12. The van der Waals surface area contributed by atoms with Crippen LogP contribution < -0.4 is 5.32 Å². The van der Waals surface area contributed by atoms with Gasteiger partial charge in [-0.1, -0.05) is 30.7 Å². The number of aryl methyl sites for hydroxylation is 1. The lowest BCUT2D eigenvalue weighted by molar-refractivity contribution is 0.0579. The molecule has 1 saturated heterocycles. The van der Waals surface area contributed by atoms with E-state index in [0.717, 1.165) is 31.1 Å². The molecule has 0 saturated carbocycles. The molecular formula is C20H29ClN4O. The number of aromatic nitrogens is 2. The first-order chi connectivity index (χ1) is 12.5. The fourth-order valence-electron chi connectivity index (χ4n) is 4.38. The van der Waals surface area contributed by atoms with Crippen molar-refractivity contribution < 1.29 is 5.11 Å². The van der Waals surface area contributed by atoms with Crippen molar-refractivity contribution in [3.8, 4) is 0 Å². The largest absolute Gasteiger partial charge is 0.394 e. The van der Waals surface area contributed by atoms with Gasteiger partial charge in [0.15, 0.2) is 0 Å². The number of hydrogen-bond acceptors (Lipinski definition) is 4. The van der Waals surface area contributed by atoms with Crippen LogP contribution in [0.15, 0.2) is 36.7 Å². The standard InChI is InChI=1S/C20H29ClN4O/c1-4-25-19(16-5-7-18(21)8-6-16)17(9-20(25,2)14-26)12-22-10-15-11-23-24(3)13-15/h5-8,11,13,17,19,22,26H,4,9-10,12,14H2,1-3H3/t17-,19+,20+/m1/s1. The van der Waals surface area contributed by atoms with E-state index in [-0.39, 0.29) is 18.2 Å². The third-order valence-corrected chi connectivity index (χ3v) is 5.82. The van der Waals surface area contributed by atoms with Gasteiger partial charge in [-0.05, 0) is 43.5 Å². The van der Waals surface area contributed by atoms with Gasteiger partial charge in [-0.2, -0.15) is 5.10 Å². The zero-order valence-corrected chi connectivity index (χ0v) is 16.6. The average molecular weight is 377 g/mol. The number of nitrogens with one attached hydrogen (secondary N) is 1. The molecule has 1 aliphatic rings. The molecular weight excluding hydrogens is 348 g/mol. The SMILES string of the molecule is CCN1[C@@H](c2ccc(Cl)cc2)[C@@H](CNCc2cnn(C)c2)C[C@@]1(C)CO. The molecule has 1 aliphatic heterocycles. The third-order valence-electron chi connectivity index (χ3n) is 5.56. The van der Waals surface area contributed by atoms with E-state index >= 15 is 0 Å². The topological polar surface area (TPSA) is 53.3 Å². The van der Waals surface area contributed by atoms with Crippen LogP contribution in [-0.2, 0) is 13.6 Å². The maximum absolute atomic E-state index is 10.1. The molecule has 142 valence electrons. The second-order valence-electron chi connectivity index (χ2n) is 7.55. The predicted octanol–water partition coefficient (Wildman–Crippen LogP) is 3.00. The first kappa shape index (κ1) is 19.4. The third kappa shape index (κ3) is 3.96. The lowest BCUT2D eigenvalue weighted by atomic mass is 9.90. The first-order valence-electron chi connectivity index (χ1n) is 9.28. The van der Waals surface area contributed by atoms with E-state index in [2.05, 4.69) is 41.3 Å². The van der Waals surface area contributed by atoms with E-state index in [1.807, 2.05) is 36.3 Å². The average Bonchev–Trinajstić information content (AvgIpc) is 3.17. The highest BCUT2D eigenvalue weighted by molar-refractivity contribution is 6.30. The second-order valence-corrected chi connectivity index (χ2v) is 7.99. The molecule has 2 aromatic rings. The number of rotatable bonds is 7. The van der Waals surface area contributed by atoms with Crippen molar-refractivity contribution in [1.82, 2.24) is 20.0 Å². The van der Waals surface area contributed by atoms with Gasteiger partial charge in [-0.3, -0.25) is 9.58 Å². The molecule has 0 amide bonds. The molecule has 26 heavy (non-hydrogen) atoms. The van der Waals surface area contributed by atoms with E-state index in [1.54, 1.807) is 0 Å². The number of likely N-dealkylation sites (tertiary alicyclic amines) is 1. The Morgan fingerprint density at radius 2 is 2.08 bits per heavy atom. The zero-order valence-electron chi connectivity index (χ0n) is 15.8. The van der Waals surface area contributed by atoms with E-state index < -0.39 is 0 Å². The van der Waals surface area contributed by atoms with Gasteiger partial charge in [-0.25, -0.2) is 0 Å². The zero-order chi connectivity index (χ0) is 18.7. The quantitative estimate of drug-likeness (QED) is 0.780. The van der Waals surface area contributed by atoms with E-state index in [9.17, 15) is 5.11 Å². The molecule has 0 bridgehead atoms. The van der Waals surface area contributed by atoms with Gasteiger partial charge < -0.3 is 10.4 Å². The summed E-state index contributed by atoms with van der Waals surface area (Å²) >= 11 is 6.09. The normalized spacial score (nSPS) is 26.5. The number of halogens is 1. The Labute approximate surface area is 161 Å². The Hall–Kier alpha value is -1.40. The Balaban J connectivity index is 1.77. The van der Waals surface area contributed by atoms with Crippen LogP contribution in [0.5, 0.6) is 0 Å². The minimum atomic E-state index is -0.195. The number of aliphatic hydroxyl groups excluding tert-OH is 1. The van der Waals surface area contributed by atoms with E-state index in [4.69, 9.17) is 11.6 Å². The van der Waals surface area contributed by atoms with Crippen molar-refractivity contribution in [2.24, 2.45) is 13.0 Å². The van der Waals surface area contributed by atoms with Crippen LogP contribution >= 0.6 is 11.6 Å². The molecule has 0 unspecified atom stereocenters. The molecule has 0 radical (unpaired) electrons. The fourth-order valence-corrected chi connectivity index (χ4v) is 4.50. The molecule has 2 heterocycles. The van der Waals surface area contributed by atoms with Crippen LogP contribution in [0.1, 0.15) is 37.4 Å². The molecule has 3 atom stereocenters. The van der Waals surface area contributed by atoms with Gasteiger partial charge in [0.25, 0.3) is 0 Å². The van der Waals surface area contributed by atoms with Crippen molar-refractivity contribution >= 4 is 11.6 Å². The van der Waals surface area contributed by atoms with Crippen LogP contribution in [0.4, 0.5) is 0 Å². The van der Waals surface area contributed by atoms with Crippen LogP contribution in [0.2, 0.25) is 5.02 Å². The van der Waals surface area contributed by atoms with Gasteiger partial charge >= 0.3 is 0 Å². The minimum Gasteiger partial charge on any atom is -0.394 e. The second kappa shape index (κ2) is 8.09. The minimum absolute atomic E-state index is 0.171. The van der Waals surface area contributed by atoms with Crippen molar-refractivity contribution in [2.45, 2.75) is 38.4 Å². The lowest BCUT2D eigenvalue weighted by Gasteiger charge is -2.37. The lowest BCUT2D eigenvalue weighted by Crippen LogP contribution is -2.45. The van der Waals surface area contributed by atoms with Gasteiger partial charge in [-0.15, -0.1) is 0 Å². The molecule has 2 N–H and O–H groups in total. The number of hydrogen-bond donors (Lipinski definition) is 2. The molecule has 1 fully saturated rings. The van der Waals surface area contributed by atoms with Gasteiger partial charge in [0, 0.05) is 48.5 Å². The molecule has 1 aromatic heterocycles. The van der Waals surface area contributed by atoms with Crippen LogP contribution in [0, 0.1) is 5.92 Å². The molecule has 0 aliphatic carbocycles. The summed E-state index contributed by atoms with van der Waals surface area (Å²) < 4.78 is 1.82. The highest BCUT2D eigenvalue weighted by Crippen LogP contribution is 2.46. The molecule has 0 spiro atoms. The highest BCUT2D eigenvalue weighted by Gasteiger charge is 2.47. The summed E-state index contributed by atoms with van der Waals surface area (Å²) in [7, 11) is 1.93. The summed E-state index contributed by atoms with van der Waals surface area (Å²) in [6, 6.07) is 8.43. The van der Waals surface area contributed by atoms with Gasteiger partial charge in [0.05, 0.1) is 12.8 Å². The number of aliphatic hydroxyl groups is 1. The molecule has 6 heteroatoms. The highest BCUT2D eigenvalue weighted by atomic mass is 35.5. The molecule has 5 nitrogen and oxygen atoms in total. The smallest absolute Gasteiger partial charge is 0.0613 e. The maximum Gasteiger partial charge on any atom is 0.0613 e. The van der Waals surface area contributed by atoms with Crippen molar-refractivity contribution in [1.29, 1.82) is 0 Å². The summed E-state index contributed by atoms with van der Waals surface area (Å²) in [5.41, 5.74) is 2.26. The van der Waals surface area contributed by atoms with E-state index in [1.165, 1.54) is 11.1 Å². The number of nitrogens with zero attached hydrogens (tertiary/aromatic N) is 3. The number of likely N-dealkylation sites (N-methyl/N-ethyl adjacent to an activating group) is 1. The van der Waals surface area contributed by atoms with Crippen LogP contribution in [-0.4, -0.2) is 45.0 Å². The van der Waals surface area contributed by atoms with Crippen LogP contribution in [0.25, 0.3) is 0 Å². The van der Waals surface area contributed by atoms with E-state index in [0.29, 0.717) is 5.92 Å². The Morgan fingerprint density at radius 1 is 1.35 bits per heavy atom. The molecule has 1 aromatic carbocycles. The monoisotopic (exact) mass is 376 g/mol. The predicted molar refractivity (Wildman–Crippen MR) is 105 cm³/mol. The van der Waals surface area contributed by atoms with Gasteiger partial charge in [0.1, 0.15) is 0 Å². The van der Waals surface area contributed by atoms with Gasteiger partial charge in [0.2, 0.25) is 0 Å². The van der Waals surface area contributed by atoms with Crippen molar-refractivity contribution in [2.75, 3.05) is 19.7 Å².